The van der Waals surface area contributed by atoms with Gasteiger partial charge < -0.3 is 29.5 Å². The molecule has 2 aromatic rings. The molecular formula is C20H31N3O4S+2. The number of aliphatic hydroxyl groups excluding tert-OH is 1. The number of nitrogens with one attached hydrogen (secondary N) is 1. The normalized spacial score (nSPS) is 16.1. The van der Waals surface area contributed by atoms with E-state index in [4.69, 9.17) is 14.2 Å². The van der Waals surface area contributed by atoms with Crippen molar-refractivity contribution in [1.82, 2.24) is 4.98 Å². The summed E-state index contributed by atoms with van der Waals surface area (Å²) in [4.78, 5) is 5.83. The van der Waals surface area contributed by atoms with E-state index in [1.807, 2.05) is 30.5 Å². The number of thiazole rings is 1. The molecular weight excluding hydrogens is 378 g/mol. The SMILES string of the molecule is COc1cc(C[NH2+]C[C@@H](O)C[NH+]2CCOCC2)ccc1OCc1csc(C)n1. The molecule has 154 valence electrons. The Kier molecular flexibility index (Phi) is 8.05. The van der Waals surface area contributed by atoms with Crippen LogP contribution >= 0.6 is 11.3 Å². The van der Waals surface area contributed by atoms with E-state index >= 15 is 0 Å². The standard InChI is InChI=1S/C20H29N3O4S/c1-15-22-17(14-28-15)13-27-19-4-3-16(9-20(19)25-2)10-21-11-18(24)12-23-5-7-26-8-6-23/h3-4,9,14,18,21,24H,5-8,10-13H2,1-2H3/p+2/t18-/m1/s1. The molecule has 1 fully saturated rings. The zero-order valence-corrected chi connectivity index (χ0v) is 17.5. The van der Waals surface area contributed by atoms with Crippen molar-refractivity contribution in [2.24, 2.45) is 0 Å². The van der Waals surface area contributed by atoms with E-state index in [-0.39, 0.29) is 6.10 Å². The van der Waals surface area contributed by atoms with Gasteiger partial charge in [-0.1, -0.05) is 0 Å². The van der Waals surface area contributed by atoms with E-state index in [1.54, 1.807) is 18.4 Å². The van der Waals surface area contributed by atoms with Crippen molar-refractivity contribution in [3.05, 3.63) is 39.8 Å². The van der Waals surface area contributed by atoms with Crippen LogP contribution in [-0.2, 0) is 17.9 Å². The fraction of sp³-hybridized carbons (Fsp3) is 0.550. The Hall–Kier alpha value is -1.71. The molecule has 1 atom stereocenters. The first-order chi connectivity index (χ1) is 13.6. The van der Waals surface area contributed by atoms with E-state index in [0.29, 0.717) is 18.9 Å². The maximum absolute atomic E-state index is 10.3. The Labute approximate surface area is 170 Å². The van der Waals surface area contributed by atoms with Crippen molar-refractivity contribution < 1.29 is 29.5 Å². The molecule has 0 amide bonds. The highest BCUT2D eigenvalue weighted by Gasteiger charge is 2.19. The Bertz CT molecular complexity index is 734. The first-order valence-electron chi connectivity index (χ1n) is 9.76. The van der Waals surface area contributed by atoms with Gasteiger partial charge in [-0.3, -0.25) is 0 Å². The second-order valence-corrected chi connectivity index (χ2v) is 8.14. The number of hydrogen-bond acceptors (Lipinski definition) is 6. The van der Waals surface area contributed by atoms with Crippen LogP contribution in [-0.4, -0.2) is 62.7 Å². The lowest BCUT2D eigenvalue weighted by Crippen LogP contribution is -3.15. The smallest absolute Gasteiger partial charge is 0.161 e. The van der Waals surface area contributed by atoms with Gasteiger partial charge in [-0.15, -0.1) is 11.3 Å². The molecule has 4 N–H and O–H groups in total. The number of benzene rings is 1. The molecule has 2 heterocycles. The third-order valence-corrected chi connectivity index (χ3v) is 5.64. The Morgan fingerprint density at radius 3 is 2.86 bits per heavy atom. The molecule has 1 aliphatic rings. The summed E-state index contributed by atoms with van der Waals surface area (Å²) in [5.74, 6) is 1.43. The summed E-state index contributed by atoms with van der Waals surface area (Å²) in [5, 5.41) is 15.4. The van der Waals surface area contributed by atoms with Crippen molar-refractivity contribution in [2.45, 2.75) is 26.2 Å². The first kappa shape index (κ1) is 21.0. The number of methoxy groups -OCH3 is 1. The van der Waals surface area contributed by atoms with Gasteiger partial charge in [-0.2, -0.15) is 0 Å². The quantitative estimate of drug-likeness (QED) is 0.487. The van der Waals surface area contributed by atoms with Crippen LogP contribution in [0.2, 0.25) is 0 Å². The van der Waals surface area contributed by atoms with Crippen LogP contribution in [0.4, 0.5) is 0 Å². The molecule has 0 unspecified atom stereocenters. The first-order valence-corrected chi connectivity index (χ1v) is 10.6. The van der Waals surface area contributed by atoms with E-state index < -0.39 is 0 Å². The Morgan fingerprint density at radius 2 is 2.14 bits per heavy atom. The molecule has 8 heteroatoms. The lowest BCUT2D eigenvalue weighted by atomic mass is 10.2. The minimum Gasteiger partial charge on any atom is -0.493 e. The van der Waals surface area contributed by atoms with Gasteiger partial charge in [-0.25, -0.2) is 4.98 Å². The number of morpholine rings is 1. The molecule has 0 saturated carbocycles. The molecule has 3 rings (SSSR count). The fourth-order valence-electron chi connectivity index (χ4n) is 3.31. The summed E-state index contributed by atoms with van der Waals surface area (Å²) >= 11 is 1.62. The highest BCUT2D eigenvalue weighted by molar-refractivity contribution is 7.09. The highest BCUT2D eigenvalue weighted by Crippen LogP contribution is 2.28. The van der Waals surface area contributed by atoms with Gasteiger partial charge in [0.1, 0.15) is 39.3 Å². The number of aromatic nitrogens is 1. The molecule has 0 spiro atoms. The van der Waals surface area contributed by atoms with Crippen molar-refractivity contribution in [2.75, 3.05) is 46.5 Å². The van der Waals surface area contributed by atoms with E-state index in [1.165, 1.54) is 4.90 Å². The average Bonchev–Trinajstić information content (AvgIpc) is 3.12. The highest BCUT2D eigenvalue weighted by atomic mass is 32.1. The number of ether oxygens (including phenoxy) is 3. The summed E-state index contributed by atoms with van der Waals surface area (Å²) in [7, 11) is 1.65. The second kappa shape index (κ2) is 10.7. The topological polar surface area (TPSA) is 81.9 Å². The zero-order valence-electron chi connectivity index (χ0n) is 16.6. The monoisotopic (exact) mass is 409 g/mol. The predicted octanol–water partition coefficient (Wildman–Crippen LogP) is -0.621. The maximum Gasteiger partial charge on any atom is 0.161 e. The lowest BCUT2D eigenvalue weighted by molar-refractivity contribution is -0.912. The van der Waals surface area contributed by atoms with Crippen molar-refractivity contribution in [3.63, 3.8) is 0 Å². The zero-order chi connectivity index (χ0) is 19.8. The van der Waals surface area contributed by atoms with Gasteiger partial charge in [0, 0.05) is 10.9 Å². The summed E-state index contributed by atoms with van der Waals surface area (Å²) in [6, 6.07) is 5.98. The molecule has 28 heavy (non-hydrogen) atoms. The van der Waals surface area contributed by atoms with E-state index in [9.17, 15) is 5.11 Å². The van der Waals surface area contributed by atoms with Crippen molar-refractivity contribution in [3.8, 4) is 11.5 Å². The van der Waals surface area contributed by atoms with Crippen LogP contribution in [0.15, 0.2) is 23.6 Å². The largest absolute Gasteiger partial charge is 0.493 e. The third-order valence-electron chi connectivity index (χ3n) is 4.81. The number of quaternary nitrogens is 2. The average molecular weight is 410 g/mol. The summed E-state index contributed by atoms with van der Waals surface area (Å²) in [6.45, 7) is 8.23. The summed E-state index contributed by atoms with van der Waals surface area (Å²) < 4.78 is 16.7. The Morgan fingerprint density at radius 1 is 1.32 bits per heavy atom. The fourth-order valence-corrected chi connectivity index (χ4v) is 3.90. The minimum absolute atomic E-state index is 0.306. The molecule has 1 saturated heterocycles. The van der Waals surface area contributed by atoms with Gasteiger partial charge in [0.05, 0.1) is 31.0 Å². The number of nitrogens with two attached hydrogens (primary N) is 1. The molecule has 0 bridgehead atoms. The predicted molar refractivity (Wildman–Crippen MR) is 107 cm³/mol. The van der Waals surface area contributed by atoms with Gasteiger partial charge in [0.2, 0.25) is 0 Å². The summed E-state index contributed by atoms with van der Waals surface area (Å²) in [5.41, 5.74) is 2.07. The van der Waals surface area contributed by atoms with Crippen molar-refractivity contribution in [1.29, 1.82) is 0 Å². The molecule has 0 aliphatic carbocycles. The van der Waals surface area contributed by atoms with E-state index in [2.05, 4.69) is 10.3 Å². The van der Waals surface area contributed by atoms with E-state index in [0.717, 1.165) is 61.4 Å². The van der Waals surface area contributed by atoms with Crippen LogP contribution < -0.4 is 19.7 Å². The number of aryl methyl sites for hydroxylation is 1. The number of aliphatic hydroxyl groups is 1. The minimum atomic E-state index is -0.306. The van der Waals surface area contributed by atoms with Crippen LogP contribution in [0.1, 0.15) is 16.3 Å². The van der Waals surface area contributed by atoms with Crippen LogP contribution in [0.25, 0.3) is 0 Å². The lowest BCUT2D eigenvalue weighted by Gasteiger charge is -2.25. The van der Waals surface area contributed by atoms with Crippen LogP contribution in [0, 0.1) is 6.92 Å². The molecule has 7 nitrogen and oxygen atoms in total. The second-order valence-electron chi connectivity index (χ2n) is 7.08. The third kappa shape index (κ3) is 6.42. The van der Waals surface area contributed by atoms with Gasteiger partial charge in [0.25, 0.3) is 0 Å². The van der Waals surface area contributed by atoms with Crippen molar-refractivity contribution >= 4 is 11.3 Å². The summed E-state index contributed by atoms with van der Waals surface area (Å²) in [6.07, 6.45) is -0.306. The van der Waals surface area contributed by atoms with Gasteiger partial charge in [-0.05, 0) is 25.1 Å². The number of rotatable bonds is 10. The number of hydrogen-bond donors (Lipinski definition) is 3. The molecule has 1 aromatic heterocycles. The molecule has 0 radical (unpaired) electrons. The Balaban J connectivity index is 1.44. The molecule has 1 aliphatic heterocycles. The van der Waals surface area contributed by atoms with Crippen LogP contribution in [0.5, 0.6) is 11.5 Å². The van der Waals surface area contributed by atoms with Gasteiger partial charge >= 0.3 is 0 Å². The van der Waals surface area contributed by atoms with Crippen LogP contribution in [0.3, 0.4) is 0 Å². The maximum atomic E-state index is 10.3. The molecule has 1 aromatic carbocycles. The van der Waals surface area contributed by atoms with Gasteiger partial charge in [0.15, 0.2) is 17.6 Å². The number of nitrogens with zero attached hydrogens (tertiary/aromatic N) is 1.